The lowest BCUT2D eigenvalue weighted by Gasteiger charge is -2.11. The van der Waals surface area contributed by atoms with Gasteiger partial charge in [0, 0.05) is 17.2 Å². The summed E-state index contributed by atoms with van der Waals surface area (Å²) in [5.74, 6) is -0.438. The van der Waals surface area contributed by atoms with Gasteiger partial charge >= 0.3 is 5.76 Å². The molecule has 1 aliphatic rings. The zero-order valence-corrected chi connectivity index (χ0v) is 14.8. The quantitative estimate of drug-likeness (QED) is 0.673. The molecule has 0 fully saturated rings. The highest BCUT2D eigenvalue weighted by Gasteiger charge is 2.21. The van der Waals surface area contributed by atoms with Gasteiger partial charge in [0.25, 0.3) is 0 Å². The minimum atomic E-state index is -0.758. The molecular formula is C19H15N3O6. The maximum Gasteiger partial charge on any atom is 0.442 e. The molecule has 0 bridgehead atoms. The number of rotatable bonds is 5. The van der Waals surface area contributed by atoms with E-state index in [0.29, 0.717) is 17.1 Å². The highest BCUT2D eigenvalue weighted by molar-refractivity contribution is 6.04. The Kier molecular flexibility index (Phi) is 4.40. The molecule has 142 valence electrons. The van der Waals surface area contributed by atoms with Crippen LogP contribution in [0, 0.1) is 0 Å². The smallest absolute Gasteiger partial charge is 0.442 e. The van der Waals surface area contributed by atoms with E-state index in [1.807, 2.05) is 6.07 Å². The van der Waals surface area contributed by atoms with Crippen molar-refractivity contribution >= 4 is 17.4 Å². The van der Waals surface area contributed by atoms with Crippen molar-refractivity contribution in [2.75, 3.05) is 12.1 Å². The van der Waals surface area contributed by atoms with Gasteiger partial charge in [0.15, 0.2) is 23.1 Å². The van der Waals surface area contributed by atoms with Crippen molar-refractivity contribution in [2.24, 2.45) is 0 Å². The molecule has 0 atom stereocenters. The molecule has 0 unspecified atom stereocenters. The number of fused-ring (bicyclic) bond motifs is 1. The molecular weight excluding hydrogens is 366 g/mol. The number of nitrogens with zero attached hydrogens (tertiary/aromatic N) is 2. The summed E-state index contributed by atoms with van der Waals surface area (Å²) >= 11 is 0. The first kappa shape index (κ1) is 17.5. The summed E-state index contributed by atoms with van der Waals surface area (Å²) in [4.78, 5) is 36.5. The Labute approximate surface area is 158 Å². The van der Waals surface area contributed by atoms with E-state index >= 15 is 0 Å². The molecule has 0 saturated carbocycles. The molecule has 1 aliphatic heterocycles. The van der Waals surface area contributed by atoms with Gasteiger partial charge in [0.1, 0.15) is 6.54 Å². The molecule has 0 aliphatic carbocycles. The molecule has 0 saturated heterocycles. The summed E-state index contributed by atoms with van der Waals surface area (Å²) in [6.07, 6.45) is 0. The Bertz CT molecular complexity index is 1120. The molecule has 3 aromatic rings. The minimum Gasteiger partial charge on any atom is -0.454 e. The van der Waals surface area contributed by atoms with Gasteiger partial charge < -0.3 is 14.8 Å². The lowest BCUT2D eigenvalue weighted by molar-refractivity contribution is -0.116. The van der Waals surface area contributed by atoms with Gasteiger partial charge in [-0.25, -0.2) is 9.36 Å². The number of ketones is 1. The van der Waals surface area contributed by atoms with E-state index < -0.39 is 11.7 Å². The number of carbonyl (C=O) groups excluding carboxylic acids is 2. The Morgan fingerprint density at radius 1 is 1.14 bits per heavy atom. The van der Waals surface area contributed by atoms with Crippen LogP contribution >= 0.6 is 0 Å². The third-order valence-corrected chi connectivity index (χ3v) is 4.19. The van der Waals surface area contributed by atoms with Crippen LogP contribution in [0.15, 0.2) is 51.8 Å². The summed E-state index contributed by atoms with van der Waals surface area (Å²) < 4.78 is 16.4. The number of hydrogen-bond acceptors (Lipinski definition) is 7. The highest BCUT2D eigenvalue weighted by atomic mass is 16.7. The van der Waals surface area contributed by atoms with Crippen LogP contribution in [-0.2, 0) is 11.3 Å². The maximum absolute atomic E-state index is 12.6. The van der Waals surface area contributed by atoms with Crippen molar-refractivity contribution in [3.63, 3.8) is 0 Å². The monoisotopic (exact) mass is 381 g/mol. The van der Waals surface area contributed by atoms with E-state index in [0.717, 1.165) is 4.57 Å². The third kappa shape index (κ3) is 3.25. The number of hydrogen-bond donors (Lipinski definition) is 1. The second-order valence-corrected chi connectivity index (χ2v) is 6.08. The molecule has 4 rings (SSSR count). The van der Waals surface area contributed by atoms with Gasteiger partial charge in [0.05, 0.1) is 5.69 Å². The number of Topliss-reactive ketones (excluding diaryl/α,β-unsaturated/α-hetero) is 1. The topological polar surface area (TPSA) is 113 Å². The number of anilines is 1. The summed E-state index contributed by atoms with van der Waals surface area (Å²) in [5, 5.41) is 6.39. The molecule has 9 heteroatoms. The number of nitrogens with one attached hydrogen (secondary N) is 1. The summed E-state index contributed by atoms with van der Waals surface area (Å²) in [6.45, 7) is 1.09. The first-order valence-corrected chi connectivity index (χ1v) is 8.39. The lowest BCUT2D eigenvalue weighted by Crippen LogP contribution is -2.26. The molecule has 1 aromatic heterocycles. The molecule has 2 aromatic carbocycles. The van der Waals surface area contributed by atoms with Gasteiger partial charge in [-0.3, -0.25) is 14.1 Å². The fourth-order valence-electron chi connectivity index (χ4n) is 2.87. The minimum absolute atomic E-state index is 0.0423. The first-order chi connectivity index (χ1) is 13.5. The number of carbonyl (C=O) groups is 2. The largest absolute Gasteiger partial charge is 0.454 e. The van der Waals surface area contributed by atoms with Crippen molar-refractivity contribution in [3.05, 3.63) is 58.6 Å². The fourth-order valence-corrected chi connectivity index (χ4v) is 2.87. The van der Waals surface area contributed by atoms with E-state index in [2.05, 4.69) is 10.5 Å². The summed E-state index contributed by atoms with van der Waals surface area (Å²) in [6, 6.07) is 11.9. The van der Waals surface area contributed by atoms with Crippen molar-refractivity contribution in [1.29, 1.82) is 0 Å². The third-order valence-electron chi connectivity index (χ3n) is 4.19. The first-order valence-electron chi connectivity index (χ1n) is 8.39. The Hall–Kier alpha value is -3.88. The van der Waals surface area contributed by atoms with Crippen LogP contribution in [0.5, 0.6) is 11.5 Å². The molecule has 1 N–H and O–H groups in total. The van der Waals surface area contributed by atoms with Crippen LogP contribution in [0.25, 0.3) is 11.4 Å². The predicted molar refractivity (Wildman–Crippen MR) is 97.4 cm³/mol. The Morgan fingerprint density at radius 2 is 1.86 bits per heavy atom. The molecule has 28 heavy (non-hydrogen) atoms. The normalized spacial score (nSPS) is 12.0. The van der Waals surface area contributed by atoms with Crippen LogP contribution in [0.1, 0.15) is 17.3 Å². The summed E-state index contributed by atoms with van der Waals surface area (Å²) in [5.41, 5.74) is 1.18. The highest BCUT2D eigenvalue weighted by Crippen LogP contribution is 2.37. The Balaban J connectivity index is 1.61. The van der Waals surface area contributed by atoms with Gasteiger partial charge in [-0.1, -0.05) is 35.5 Å². The molecule has 0 spiro atoms. The van der Waals surface area contributed by atoms with Crippen LogP contribution in [0.2, 0.25) is 0 Å². The number of ether oxygens (including phenoxy) is 2. The van der Waals surface area contributed by atoms with Gasteiger partial charge in [-0.2, -0.15) is 0 Å². The van der Waals surface area contributed by atoms with E-state index in [-0.39, 0.29) is 36.2 Å². The van der Waals surface area contributed by atoms with Crippen LogP contribution in [0.3, 0.4) is 0 Å². The average molecular weight is 381 g/mol. The van der Waals surface area contributed by atoms with E-state index in [9.17, 15) is 14.4 Å². The van der Waals surface area contributed by atoms with Gasteiger partial charge in [-0.05, 0) is 13.0 Å². The average Bonchev–Trinajstić information content (AvgIpc) is 3.28. The van der Waals surface area contributed by atoms with Gasteiger partial charge in [-0.15, -0.1) is 0 Å². The zero-order valence-electron chi connectivity index (χ0n) is 14.8. The van der Waals surface area contributed by atoms with Crippen LogP contribution in [-0.4, -0.2) is 28.2 Å². The van der Waals surface area contributed by atoms with Crippen LogP contribution < -0.4 is 20.5 Å². The van der Waals surface area contributed by atoms with E-state index in [4.69, 9.17) is 14.0 Å². The van der Waals surface area contributed by atoms with Crippen molar-refractivity contribution in [3.8, 4) is 22.9 Å². The second kappa shape index (κ2) is 7.03. The molecule has 0 radical (unpaired) electrons. The lowest BCUT2D eigenvalue weighted by atomic mass is 10.1. The van der Waals surface area contributed by atoms with Crippen molar-refractivity contribution in [1.82, 2.24) is 9.72 Å². The second-order valence-electron chi connectivity index (χ2n) is 6.08. The van der Waals surface area contributed by atoms with Crippen molar-refractivity contribution < 1.29 is 23.6 Å². The number of amides is 1. The van der Waals surface area contributed by atoms with E-state index in [1.54, 1.807) is 24.3 Å². The number of aromatic nitrogens is 2. The molecule has 1 amide bonds. The number of benzene rings is 2. The van der Waals surface area contributed by atoms with Crippen LogP contribution in [0.4, 0.5) is 5.69 Å². The summed E-state index contributed by atoms with van der Waals surface area (Å²) in [7, 11) is 0. The molecule has 2 heterocycles. The standard InChI is InChI=1S/C19H15N3O6/c1-11(23)13-7-15-16(27-10-26-15)8-14(13)20-17(24)9-22-18(21-28-19(22)25)12-5-3-2-4-6-12/h2-8H,9-10H2,1H3,(H,20,24). The Morgan fingerprint density at radius 3 is 2.57 bits per heavy atom. The SMILES string of the molecule is CC(=O)c1cc2c(cc1NC(=O)Cn1c(-c3ccccc3)noc1=O)OCO2. The van der Waals surface area contributed by atoms with Gasteiger partial charge in [0.2, 0.25) is 12.7 Å². The van der Waals surface area contributed by atoms with Crippen molar-refractivity contribution in [2.45, 2.75) is 13.5 Å². The predicted octanol–water partition coefficient (Wildman–Crippen LogP) is 2.07. The fraction of sp³-hybridized carbons (Fsp3) is 0.158. The zero-order chi connectivity index (χ0) is 19.7. The maximum atomic E-state index is 12.6. The molecule has 9 nitrogen and oxygen atoms in total. The van der Waals surface area contributed by atoms with E-state index in [1.165, 1.54) is 19.1 Å².